The minimum absolute atomic E-state index is 0.0186. The van der Waals surface area contributed by atoms with Gasteiger partial charge in [-0.1, -0.05) is 67.2 Å². The SMILES string of the molecule is C=C(C)[C@H](C(=O)OC(c1ccccc1)c1ccccc1)N1C(=O)C[C@H]1SS(=O)(=O)c1ccc(NC(=O)OC)cc1. The Bertz CT molecular complexity index is 1450. The molecule has 1 heterocycles. The zero-order valence-corrected chi connectivity index (χ0v) is 23.5. The fourth-order valence-electron chi connectivity index (χ4n) is 4.18. The second-order valence-electron chi connectivity index (χ2n) is 9.04. The number of likely N-dealkylation sites (tertiary alicyclic amines) is 1. The molecule has 11 heteroatoms. The molecule has 0 aromatic heterocycles. The Morgan fingerprint density at radius 3 is 2.00 bits per heavy atom. The smallest absolute Gasteiger partial charge is 0.411 e. The predicted octanol–water partition coefficient (Wildman–Crippen LogP) is 5.12. The van der Waals surface area contributed by atoms with Crippen LogP contribution in [0, 0.1) is 0 Å². The van der Waals surface area contributed by atoms with E-state index in [2.05, 4.69) is 16.6 Å². The summed E-state index contributed by atoms with van der Waals surface area (Å²) in [6, 6.07) is 22.8. The highest BCUT2D eigenvalue weighted by Gasteiger charge is 2.48. The lowest BCUT2D eigenvalue weighted by atomic mass is 10.00. The molecule has 0 radical (unpaired) electrons. The number of anilines is 1. The molecule has 1 aliphatic rings. The number of nitrogens with one attached hydrogen (secondary N) is 1. The molecule has 2 atom stereocenters. The first-order valence-electron chi connectivity index (χ1n) is 12.3. The Balaban J connectivity index is 1.53. The van der Waals surface area contributed by atoms with Crippen molar-refractivity contribution in [2.75, 3.05) is 12.4 Å². The van der Waals surface area contributed by atoms with E-state index in [1.165, 1.54) is 36.3 Å². The van der Waals surface area contributed by atoms with Crippen molar-refractivity contribution in [1.29, 1.82) is 0 Å². The highest BCUT2D eigenvalue weighted by molar-refractivity contribution is 8.72. The van der Waals surface area contributed by atoms with Gasteiger partial charge in [0.15, 0.2) is 12.1 Å². The first-order chi connectivity index (χ1) is 19.1. The fraction of sp³-hybridized carbons (Fsp3) is 0.207. The van der Waals surface area contributed by atoms with E-state index < -0.39 is 38.5 Å². The van der Waals surface area contributed by atoms with E-state index >= 15 is 0 Å². The summed E-state index contributed by atoms with van der Waals surface area (Å²) in [6.45, 7) is 5.50. The van der Waals surface area contributed by atoms with Crippen LogP contribution in [-0.2, 0) is 27.9 Å². The van der Waals surface area contributed by atoms with Crippen LogP contribution in [0.5, 0.6) is 0 Å². The van der Waals surface area contributed by atoms with Gasteiger partial charge in [0, 0.05) is 5.69 Å². The van der Waals surface area contributed by atoms with Crippen LogP contribution in [-0.4, -0.2) is 49.8 Å². The highest BCUT2D eigenvalue weighted by Crippen LogP contribution is 2.40. The van der Waals surface area contributed by atoms with Gasteiger partial charge in [-0.05, 0) is 58.7 Å². The summed E-state index contributed by atoms with van der Waals surface area (Å²) in [4.78, 5) is 38.9. The molecule has 1 N–H and O–H groups in total. The van der Waals surface area contributed by atoms with Gasteiger partial charge in [-0.3, -0.25) is 10.1 Å². The molecule has 1 saturated heterocycles. The third-order valence-electron chi connectivity index (χ3n) is 6.17. The van der Waals surface area contributed by atoms with Gasteiger partial charge in [-0.25, -0.2) is 18.0 Å². The molecule has 3 aromatic carbocycles. The maximum atomic E-state index is 13.6. The van der Waals surface area contributed by atoms with Gasteiger partial charge in [0.25, 0.3) is 0 Å². The van der Waals surface area contributed by atoms with Gasteiger partial charge in [0.1, 0.15) is 5.37 Å². The highest BCUT2D eigenvalue weighted by atomic mass is 33.1. The van der Waals surface area contributed by atoms with E-state index in [4.69, 9.17) is 4.74 Å². The number of β-lactam (4-membered cyclic amide) rings is 1. The maximum Gasteiger partial charge on any atom is 0.411 e. The van der Waals surface area contributed by atoms with Crippen LogP contribution in [0.1, 0.15) is 30.6 Å². The van der Waals surface area contributed by atoms with Crippen molar-refractivity contribution in [1.82, 2.24) is 4.90 Å². The minimum atomic E-state index is -3.92. The first-order valence-corrected chi connectivity index (χ1v) is 15.1. The number of amides is 2. The monoisotopic (exact) mass is 580 g/mol. The van der Waals surface area contributed by atoms with E-state index in [0.717, 1.165) is 11.1 Å². The van der Waals surface area contributed by atoms with Crippen LogP contribution in [0.4, 0.5) is 10.5 Å². The van der Waals surface area contributed by atoms with Gasteiger partial charge in [0.2, 0.25) is 14.8 Å². The molecule has 3 aromatic rings. The number of carbonyl (C=O) groups is 3. The molecule has 0 aliphatic carbocycles. The molecule has 40 heavy (non-hydrogen) atoms. The Morgan fingerprint density at radius 1 is 0.975 bits per heavy atom. The number of ether oxygens (including phenoxy) is 2. The third-order valence-corrected chi connectivity index (χ3v) is 9.89. The molecular weight excluding hydrogens is 552 g/mol. The van der Waals surface area contributed by atoms with Crippen molar-refractivity contribution in [2.24, 2.45) is 0 Å². The first kappa shape index (κ1) is 28.9. The maximum absolute atomic E-state index is 13.6. The lowest BCUT2D eigenvalue weighted by Gasteiger charge is -2.44. The number of carbonyl (C=O) groups excluding carboxylic acids is 3. The Kier molecular flexibility index (Phi) is 8.96. The zero-order valence-electron chi connectivity index (χ0n) is 21.9. The summed E-state index contributed by atoms with van der Waals surface area (Å²) in [5, 5.41) is 1.62. The van der Waals surface area contributed by atoms with E-state index in [9.17, 15) is 22.8 Å². The molecule has 0 bridgehead atoms. The largest absolute Gasteiger partial charge is 0.453 e. The molecule has 0 saturated carbocycles. The molecular formula is C29H28N2O7S2. The van der Waals surface area contributed by atoms with Crippen molar-refractivity contribution >= 4 is 43.3 Å². The lowest BCUT2D eigenvalue weighted by molar-refractivity contribution is -0.162. The number of hydrogen-bond acceptors (Lipinski definition) is 8. The van der Waals surface area contributed by atoms with Crippen LogP contribution in [0.2, 0.25) is 0 Å². The van der Waals surface area contributed by atoms with E-state index in [-0.39, 0.29) is 17.2 Å². The number of rotatable bonds is 10. The Hall–Kier alpha value is -4.09. The molecule has 208 valence electrons. The van der Waals surface area contributed by atoms with E-state index in [1.807, 2.05) is 60.7 Å². The average Bonchev–Trinajstić information content (AvgIpc) is 2.95. The number of methoxy groups -OCH3 is 1. The zero-order chi connectivity index (χ0) is 28.9. The van der Waals surface area contributed by atoms with Crippen LogP contribution < -0.4 is 5.32 Å². The quantitative estimate of drug-likeness (QED) is 0.152. The van der Waals surface area contributed by atoms with Crippen LogP contribution in [0.3, 0.4) is 0 Å². The molecule has 1 fully saturated rings. The second-order valence-corrected chi connectivity index (χ2v) is 13.0. The van der Waals surface area contributed by atoms with Crippen molar-refractivity contribution in [2.45, 2.75) is 35.8 Å². The summed E-state index contributed by atoms with van der Waals surface area (Å²) in [7, 11) is -2.14. The van der Waals surface area contributed by atoms with Gasteiger partial charge < -0.3 is 14.4 Å². The Labute approximate surface area is 236 Å². The van der Waals surface area contributed by atoms with Gasteiger partial charge in [0.05, 0.1) is 18.4 Å². The van der Waals surface area contributed by atoms with Crippen LogP contribution in [0.25, 0.3) is 0 Å². The van der Waals surface area contributed by atoms with Crippen molar-refractivity contribution in [3.63, 3.8) is 0 Å². The van der Waals surface area contributed by atoms with E-state index in [0.29, 0.717) is 22.1 Å². The molecule has 4 rings (SSSR count). The molecule has 1 aliphatic heterocycles. The Morgan fingerprint density at radius 2 is 1.52 bits per heavy atom. The molecule has 9 nitrogen and oxygen atoms in total. The van der Waals surface area contributed by atoms with Crippen molar-refractivity contribution in [3.05, 3.63) is 108 Å². The topological polar surface area (TPSA) is 119 Å². The second kappa shape index (κ2) is 12.4. The number of esters is 1. The third kappa shape index (κ3) is 6.54. The summed E-state index contributed by atoms with van der Waals surface area (Å²) in [6.07, 6.45) is -1.49. The number of nitrogens with zero attached hydrogens (tertiary/aromatic N) is 1. The summed E-state index contributed by atoms with van der Waals surface area (Å²) < 4.78 is 36.8. The van der Waals surface area contributed by atoms with Crippen LogP contribution in [0.15, 0.2) is 102 Å². The number of hydrogen-bond donors (Lipinski definition) is 1. The number of benzene rings is 3. The summed E-state index contributed by atoms with van der Waals surface area (Å²) in [5.74, 6) is -1.09. The standard InChI is InChI=1S/C29H28N2O7S2/c1-19(2)26(28(33)38-27(20-10-6-4-7-11-20)21-12-8-5-9-13-21)31-24(32)18-25(31)39-40(35,36)23-16-14-22(15-17-23)30-29(34)37-3/h4-17,25-27H,1,18H2,2-3H3,(H,30,34)/t25-,26-/m1/s1. The molecule has 2 amide bonds. The molecule has 0 unspecified atom stereocenters. The average molecular weight is 581 g/mol. The summed E-state index contributed by atoms with van der Waals surface area (Å²) in [5.41, 5.74) is 2.19. The predicted molar refractivity (Wildman–Crippen MR) is 152 cm³/mol. The lowest BCUT2D eigenvalue weighted by Crippen LogP contribution is -2.59. The van der Waals surface area contributed by atoms with E-state index in [1.54, 1.807) is 6.92 Å². The molecule has 0 spiro atoms. The van der Waals surface area contributed by atoms with Crippen molar-refractivity contribution in [3.8, 4) is 0 Å². The summed E-state index contributed by atoms with van der Waals surface area (Å²) >= 11 is 0. The van der Waals surface area contributed by atoms with Crippen LogP contribution >= 0.6 is 10.8 Å². The van der Waals surface area contributed by atoms with Gasteiger partial charge in [-0.2, -0.15) is 0 Å². The van der Waals surface area contributed by atoms with Gasteiger partial charge >= 0.3 is 12.1 Å². The minimum Gasteiger partial charge on any atom is -0.453 e. The van der Waals surface area contributed by atoms with Gasteiger partial charge in [-0.15, -0.1) is 0 Å². The van der Waals surface area contributed by atoms with Crippen molar-refractivity contribution < 1.29 is 32.3 Å². The fourth-order valence-corrected chi connectivity index (χ4v) is 7.63. The normalized spacial score (nSPS) is 15.6.